The molecule has 1 fully saturated rings. The molecule has 0 bridgehead atoms. The van der Waals surface area contributed by atoms with Crippen molar-refractivity contribution in [3.8, 4) is 0 Å². The van der Waals surface area contributed by atoms with Crippen molar-refractivity contribution < 1.29 is 4.79 Å². The molecule has 0 radical (unpaired) electrons. The second-order valence-electron chi connectivity index (χ2n) is 4.00. The Labute approximate surface area is 94.4 Å². The summed E-state index contributed by atoms with van der Waals surface area (Å²) in [5, 5.41) is 5.94. The number of hydrogen-bond donors (Lipinski definition) is 3. The number of aryl methyl sites for hydroxylation is 1. The number of nitrogens with zero attached hydrogens (tertiary/aromatic N) is 1. The van der Waals surface area contributed by atoms with E-state index in [-0.39, 0.29) is 11.9 Å². The van der Waals surface area contributed by atoms with Gasteiger partial charge in [-0.3, -0.25) is 4.79 Å². The first-order valence-electron chi connectivity index (χ1n) is 5.44. The largest absolute Gasteiger partial charge is 0.397 e. The molecule has 1 atom stereocenters. The molecule has 0 aromatic carbocycles. The van der Waals surface area contributed by atoms with E-state index >= 15 is 0 Å². The molecule has 0 spiro atoms. The second-order valence-corrected chi connectivity index (χ2v) is 4.00. The highest BCUT2D eigenvalue weighted by molar-refractivity contribution is 5.85. The van der Waals surface area contributed by atoms with Gasteiger partial charge in [-0.15, -0.1) is 0 Å². The van der Waals surface area contributed by atoms with Crippen molar-refractivity contribution in [2.45, 2.75) is 25.8 Å². The van der Waals surface area contributed by atoms with E-state index in [4.69, 9.17) is 5.73 Å². The molecule has 1 amide bonds. The molecule has 5 nitrogen and oxygen atoms in total. The number of piperidine rings is 1. The lowest BCUT2D eigenvalue weighted by molar-refractivity contribution is -0.123. The van der Waals surface area contributed by atoms with Gasteiger partial charge >= 0.3 is 0 Å². The Hall–Kier alpha value is -1.78. The molecular formula is C11H16N4O. The van der Waals surface area contributed by atoms with E-state index in [1.807, 2.05) is 6.92 Å². The third-order valence-corrected chi connectivity index (χ3v) is 2.73. The Morgan fingerprint density at radius 3 is 3.06 bits per heavy atom. The predicted molar refractivity (Wildman–Crippen MR) is 63.0 cm³/mol. The van der Waals surface area contributed by atoms with Crippen LogP contribution in [0.2, 0.25) is 0 Å². The fraction of sp³-hybridized carbons (Fsp3) is 0.455. The van der Waals surface area contributed by atoms with Gasteiger partial charge in [-0.05, 0) is 31.9 Å². The Kier molecular flexibility index (Phi) is 2.94. The zero-order valence-corrected chi connectivity index (χ0v) is 9.29. The van der Waals surface area contributed by atoms with E-state index in [1.165, 1.54) is 0 Å². The first-order chi connectivity index (χ1) is 7.66. The first kappa shape index (κ1) is 10.7. The molecule has 4 N–H and O–H groups in total. The van der Waals surface area contributed by atoms with Gasteiger partial charge in [-0.2, -0.15) is 0 Å². The monoisotopic (exact) mass is 220 g/mol. The fourth-order valence-corrected chi connectivity index (χ4v) is 1.74. The lowest BCUT2D eigenvalue weighted by Crippen LogP contribution is -2.44. The normalized spacial score (nSPS) is 20.3. The van der Waals surface area contributed by atoms with Crippen LogP contribution in [0, 0.1) is 6.92 Å². The molecule has 2 heterocycles. The smallest absolute Gasteiger partial charge is 0.242 e. The van der Waals surface area contributed by atoms with Gasteiger partial charge in [-0.1, -0.05) is 0 Å². The van der Waals surface area contributed by atoms with Crippen LogP contribution in [0.3, 0.4) is 0 Å². The molecule has 1 aromatic heterocycles. The van der Waals surface area contributed by atoms with E-state index < -0.39 is 0 Å². The molecule has 0 aliphatic carbocycles. The topological polar surface area (TPSA) is 80.0 Å². The Balaban J connectivity index is 2.08. The molecule has 1 unspecified atom stereocenters. The van der Waals surface area contributed by atoms with Crippen LogP contribution in [-0.4, -0.2) is 23.5 Å². The summed E-state index contributed by atoms with van der Waals surface area (Å²) in [4.78, 5) is 15.8. The lowest BCUT2D eigenvalue weighted by atomic mass is 10.1. The zero-order valence-electron chi connectivity index (χ0n) is 9.29. The van der Waals surface area contributed by atoms with E-state index in [0.29, 0.717) is 11.5 Å². The molecule has 1 aliphatic heterocycles. The molecule has 1 saturated heterocycles. The van der Waals surface area contributed by atoms with Gasteiger partial charge in [0.05, 0.1) is 11.4 Å². The summed E-state index contributed by atoms with van der Waals surface area (Å²) in [6.45, 7) is 2.62. The maximum absolute atomic E-state index is 11.5. The van der Waals surface area contributed by atoms with Gasteiger partial charge in [0.25, 0.3) is 0 Å². The summed E-state index contributed by atoms with van der Waals surface area (Å²) in [5.74, 6) is 0.747. The highest BCUT2D eigenvalue weighted by atomic mass is 16.2. The molecule has 1 aliphatic rings. The van der Waals surface area contributed by atoms with Gasteiger partial charge in [0.2, 0.25) is 5.91 Å². The third-order valence-electron chi connectivity index (χ3n) is 2.73. The molecule has 2 rings (SSSR count). The number of aromatic nitrogens is 1. The molecule has 5 heteroatoms. The highest BCUT2D eigenvalue weighted by Gasteiger charge is 2.21. The summed E-state index contributed by atoms with van der Waals surface area (Å²) in [5.41, 5.74) is 7.12. The molecule has 0 saturated carbocycles. The summed E-state index contributed by atoms with van der Waals surface area (Å²) in [7, 11) is 0. The summed E-state index contributed by atoms with van der Waals surface area (Å²) >= 11 is 0. The Bertz CT molecular complexity index is 405. The van der Waals surface area contributed by atoms with Crippen LogP contribution in [0.15, 0.2) is 12.1 Å². The molecular weight excluding hydrogens is 204 g/mol. The van der Waals surface area contributed by atoms with E-state index in [9.17, 15) is 4.79 Å². The SMILES string of the molecule is Cc1nc(NC2CCCNC2=O)ccc1N. The number of nitrogens with one attached hydrogen (secondary N) is 2. The quantitative estimate of drug-likeness (QED) is 0.684. The van der Waals surface area contributed by atoms with Crippen LogP contribution < -0.4 is 16.4 Å². The number of pyridine rings is 1. The number of nitrogen functional groups attached to an aromatic ring is 1. The molecule has 1 aromatic rings. The van der Waals surface area contributed by atoms with E-state index in [1.54, 1.807) is 12.1 Å². The van der Waals surface area contributed by atoms with Crippen LogP contribution in [0.5, 0.6) is 0 Å². The summed E-state index contributed by atoms with van der Waals surface area (Å²) in [6, 6.07) is 3.42. The highest BCUT2D eigenvalue weighted by Crippen LogP contribution is 2.15. The standard InChI is InChI=1S/C11H16N4O/c1-7-8(12)4-5-10(14-7)15-9-3-2-6-13-11(9)16/h4-5,9H,2-3,6,12H2,1H3,(H,13,16)(H,14,15). The van der Waals surface area contributed by atoms with Crippen molar-refractivity contribution in [3.63, 3.8) is 0 Å². The molecule has 16 heavy (non-hydrogen) atoms. The predicted octanol–water partition coefficient (Wildman–Crippen LogP) is 0.663. The van der Waals surface area contributed by atoms with E-state index in [0.717, 1.165) is 25.1 Å². The van der Waals surface area contributed by atoms with Crippen LogP contribution >= 0.6 is 0 Å². The van der Waals surface area contributed by atoms with Crippen molar-refractivity contribution in [1.82, 2.24) is 10.3 Å². The van der Waals surface area contributed by atoms with Crippen LogP contribution in [0.25, 0.3) is 0 Å². The Morgan fingerprint density at radius 1 is 1.56 bits per heavy atom. The first-order valence-corrected chi connectivity index (χ1v) is 5.44. The Morgan fingerprint density at radius 2 is 2.38 bits per heavy atom. The van der Waals surface area contributed by atoms with Crippen LogP contribution in [0.4, 0.5) is 11.5 Å². The van der Waals surface area contributed by atoms with E-state index in [2.05, 4.69) is 15.6 Å². The number of hydrogen-bond acceptors (Lipinski definition) is 4. The average Bonchev–Trinajstić information content (AvgIpc) is 2.27. The minimum atomic E-state index is -0.177. The van der Waals surface area contributed by atoms with Crippen molar-refractivity contribution >= 4 is 17.4 Å². The summed E-state index contributed by atoms with van der Waals surface area (Å²) < 4.78 is 0. The van der Waals surface area contributed by atoms with Crippen molar-refractivity contribution in [1.29, 1.82) is 0 Å². The zero-order chi connectivity index (χ0) is 11.5. The maximum Gasteiger partial charge on any atom is 0.242 e. The number of amides is 1. The minimum Gasteiger partial charge on any atom is -0.397 e. The minimum absolute atomic E-state index is 0.0440. The van der Waals surface area contributed by atoms with Gasteiger partial charge in [-0.25, -0.2) is 4.98 Å². The van der Waals surface area contributed by atoms with Crippen molar-refractivity contribution in [3.05, 3.63) is 17.8 Å². The van der Waals surface area contributed by atoms with Gasteiger partial charge in [0.1, 0.15) is 11.9 Å². The third kappa shape index (κ3) is 2.24. The lowest BCUT2D eigenvalue weighted by Gasteiger charge is -2.23. The fourth-order valence-electron chi connectivity index (χ4n) is 1.74. The number of rotatable bonds is 2. The van der Waals surface area contributed by atoms with Gasteiger partial charge in [0, 0.05) is 6.54 Å². The maximum atomic E-state index is 11.5. The summed E-state index contributed by atoms with van der Waals surface area (Å²) in [6.07, 6.45) is 1.84. The molecule has 86 valence electrons. The number of nitrogens with two attached hydrogens (primary N) is 1. The van der Waals surface area contributed by atoms with Gasteiger partial charge < -0.3 is 16.4 Å². The number of anilines is 2. The van der Waals surface area contributed by atoms with Crippen molar-refractivity contribution in [2.75, 3.05) is 17.6 Å². The van der Waals surface area contributed by atoms with Crippen LogP contribution in [-0.2, 0) is 4.79 Å². The second kappa shape index (κ2) is 4.38. The van der Waals surface area contributed by atoms with Gasteiger partial charge in [0.15, 0.2) is 0 Å². The number of carbonyl (C=O) groups excluding carboxylic acids is 1. The number of carbonyl (C=O) groups is 1. The van der Waals surface area contributed by atoms with Crippen molar-refractivity contribution in [2.24, 2.45) is 0 Å². The van der Waals surface area contributed by atoms with Crippen LogP contribution in [0.1, 0.15) is 18.5 Å². The average molecular weight is 220 g/mol.